The predicted molar refractivity (Wildman–Crippen MR) is 131 cm³/mol. The van der Waals surface area contributed by atoms with Crippen LogP contribution in [0.2, 0.25) is 0 Å². The molecule has 2 aromatic heterocycles. The third-order valence-corrected chi connectivity index (χ3v) is 8.01. The van der Waals surface area contributed by atoms with Crippen LogP contribution >= 0.6 is 23.1 Å². The molecule has 32 heavy (non-hydrogen) atoms. The van der Waals surface area contributed by atoms with Crippen molar-refractivity contribution in [3.8, 4) is 17.2 Å². The molecule has 1 aliphatic rings. The number of aromatic nitrogens is 2. The highest BCUT2D eigenvalue weighted by molar-refractivity contribution is 7.98. The lowest BCUT2D eigenvalue weighted by atomic mass is 9.97. The van der Waals surface area contributed by atoms with Crippen LogP contribution in [-0.4, -0.2) is 23.8 Å². The Morgan fingerprint density at radius 1 is 0.969 bits per heavy atom. The molecule has 0 spiro atoms. The molecule has 164 valence electrons. The van der Waals surface area contributed by atoms with Gasteiger partial charge in [0.1, 0.15) is 16.3 Å². The maximum absolute atomic E-state index is 13.8. The normalized spacial score (nSPS) is 13.2. The van der Waals surface area contributed by atoms with Crippen LogP contribution in [0.1, 0.15) is 28.8 Å². The molecular weight excluding hydrogens is 440 g/mol. The fourth-order valence-corrected chi connectivity index (χ4v) is 6.38. The van der Waals surface area contributed by atoms with Gasteiger partial charge in [0.25, 0.3) is 5.56 Å². The Bertz CT molecular complexity index is 1310. The summed E-state index contributed by atoms with van der Waals surface area (Å²) in [5.41, 5.74) is 3.19. The van der Waals surface area contributed by atoms with Gasteiger partial charge in [0.2, 0.25) is 0 Å². The number of fused-ring (bicyclic) bond motifs is 3. The summed E-state index contributed by atoms with van der Waals surface area (Å²) in [5, 5.41) is 1.51. The van der Waals surface area contributed by atoms with E-state index in [4.69, 9.17) is 14.5 Å². The second-order valence-electron chi connectivity index (χ2n) is 7.76. The highest BCUT2D eigenvalue weighted by Crippen LogP contribution is 2.35. The summed E-state index contributed by atoms with van der Waals surface area (Å²) in [5.74, 6) is 2.30. The molecule has 5 rings (SSSR count). The van der Waals surface area contributed by atoms with E-state index in [9.17, 15) is 4.79 Å². The molecule has 0 amide bonds. The van der Waals surface area contributed by atoms with E-state index in [1.807, 2.05) is 48.5 Å². The van der Waals surface area contributed by atoms with Crippen molar-refractivity contribution in [2.24, 2.45) is 0 Å². The molecule has 5 nitrogen and oxygen atoms in total. The molecular formula is C25H24N2O3S2. The van der Waals surface area contributed by atoms with Gasteiger partial charge < -0.3 is 9.47 Å². The maximum atomic E-state index is 13.8. The Morgan fingerprint density at radius 2 is 1.62 bits per heavy atom. The van der Waals surface area contributed by atoms with Crippen molar-refractivity contribution in [2.45, 2.75) is 36.6 Å². The molecule has 2 aromatic carbocycles. The zero-order chi connectivity index (χ0) is 22.1. The Labute approximate surface area is 195 Å². The van der Waals surface area contributed by atoms with E-state index in [1.165, 1.54) is 16.9 Å². The van der Waals surface area contributed by atoms with Crippen LogP contribution in [0, 0.1) is 0 Å². The molecule has 0 radical (unpaired) electrons. The van der Waals surface area contributed by atoms with Crippen molar-refractivity contribution >= 4 is 33.3 Å². The monoisotopic (exact) mass is 464 g/mol. The van der Waals surface area contributed by atoms with Crippen LogP contribution in [0.25, 0.3) is 15.9 Å². The second-order valence-corrected chi connectivity index (χ2v) is 9.79. The van der Waals surface area contributed by atoms with Crippen LogP contribution < -0.4 is 15.0 Å². The van der Waals surface area contributed by atoms with E-state index in [0.717, 1.165) is 52.2 Å². The standard InChI is InChI=1S/C25H24N2O3S2/c1-29-18-11-7-16(8-12-18)15-31-25-26-23-22(20-5-3-4-6-21(20)32-23)24(28)27(25)17-9-13-19(30-2)14-10-17/h7-14H,3-6,15H2,1-2H3. The average molecular weight is 465 g/mol. The lowest BCUT2D eigenvalue weighted by Gasteiger charge is -2.14. The summed E-state index contributed by atoms with van der Waals surface area (Å²) in [6, 6.07) is 15.6. The lowest BCUT2D eigenvalue weighted by molar-refractivity contribution is 0.414. The first-order chi connectivity index (χ1) is 15.7. The third-order valence-electron chi connectivity index (χ3n) is 5.82. The van der Waals surface area contributed by atoms with E-state index < -0.39 is 0 Å². The molecule has 0 atom stereocenters. The van der Waals surface area contributed by atoms with E-state index in [0.29, 0.717) is 10.9 Å². The molecule has 0 saturated heterocycles. The quantitative estimate of drug-likeness (QED) is 0.273. The Balaban J connectivity index is 1.61. The van der Waals surface area contributed by atoms with Crippen LogP contribution in [0.4, 0.5) is 0 Å². The van der Waals surface area contributed by atoms with Crippen LogP contribution in [0.15, 0.2) is 58.5 Å². The van der Waals surface area contributed by atoms with Crippen LogP contribution in [0.5, 0.6) is 11.5 Å². The first kappa shape index (κ1) is 21.1. The summed E-state index contributed by atoms with van der Waals surface area (Å²) in [7, 11) is 3.31. The number of hydrogen-bond acceptors (Lipinski definition) is 6. The molecule has 0 unspecified atom stereocenters. The van der Waals surface area contributed by atoms with Gasteiger partial charge in [-0.15, -0.1) is 11.3 Å². The molecule has 2 heterocycles. The Hall–Kier alpha value is -2.77. The van der Waals surface area contributed by atoms with Gasteiger partial charge >= 0.3 is 0 Å². The van der Waals surface area contributed by atoms with Gasteiger partial charge in [-0.25, -0.2) is 4.98 Å². The number of methoxy groups -OCH3 is 2. The summed E-state index contributed by atoms with van der Waals surface area (Å²) in [6.07, 6.45) is 4.33. The number of benzene rings is 2. The topological polar surface area (TPSA) is 53.3 Å². The Kier molecular flexibility index (Phi) is 5.93. The van der Waals surface area contributed by atoms with Gasteiger partial charge in [0.05, 0.1) is 25.3 Å². The highest BCUT2D eigenvalue weighted by atomic mass is 32.2. The zero-order valence-electron chi connectivity index (χ0n) is 18.1. The SMILES string of the molecule is COc1ccc(CSc2nc3sc4c(c3c(=O)n2-c2ccc(OC)cc2)CCCC4)cc1. The van der Waals surface area contributed by atoms with Gasteiger partial charge in [-0.3, -0.25) is 9.36 Å². The molecule has 0 N–H and O–H groups in total. The number of aryl methyl sites for hydroxylation is 2. The van der Waals surface area contributed by atoms with Crippen LogP contribution in [0.3, 0.4) is 0 Å². The lowest BCUT2D eigenvalue weighted by Crippen LogP contribution is -2.22. The maximum Gasteiger partial charge on any atom is 0.267 e. The summed E-state index contributed by atoms with van der Waals surface area (Å²) < 4.78 is 12.3. The first-order valence-corrected chi connectivity index (χ1v) is 12.5. The van der Waals surface area contributed by atoms with Gasteiger partial charge in [0.15, 0.2) is 5.16 Å². The van der Waals surface area contributed by atoms with E-state index in [1.54, 1.807) is 41.9 Å². The van der Waals surface area contributed by atoms with E-state index in [2.05, 4.69) is 0 Å². The molecule has 0 bridgehead atoms. The van der Waals surface area contributed by atoms with Crippen molar-refractivity contribution in [1.29, 1.82) is 0 Å². The van der Waals surface area contributed by atoms with Gasteiger partial charge in [-0.05, 0) is 73.2 Å². The number of hydrogen-bond donors (Lipinski definition) is 0. The average Bonchev–Trinajstić information content (AvgIpc) is 3.22. The third kappa shape index (κ3) is 3.91. The molecule has 0 aliphatic heterocycles. The molecule has 0 fully saturated rings. The molecule has 4 aromatic rings. The van der Waals surface area contributed by atoms with Gasteiger partial charge in [-0.2, -0.15) is 0 Å². The summed E-state index contributed by atoms with van der Waals surface area (Å²) >= 11 is 3.27. The van der Waals surface area contributed by atoms with E-state index >= 15 is 0 Å². The van der Waals surface area contributed by atoms with Gasteiger partial charge in [-0.1, -0.05) is 23.9 Å². The highest BCUT2D eigenvalue weighted by Gasteiger charge is 2.23. The number of nitrogens with zero attached hydrogens (tertiary/aromatic N) is 2. The fourth-order valence-electron chi connectivity index (χ4n) is 4.11. The number of thioether (sulfide) groups is 1. The van der Waals surface area contributed by atoms with Crippen molar-refractivity contribution in [1.82, 2.24) is 9.55 Å². The van der Waals surface area contributed by atoms with E-state index in [-0.39, 0.29) is 5.56 Å². The number of rotatable bonds is 6. The first-order valence-electron chi connectivity index (χ1n) is 10.7. The number of thiophene rings is 1. The number of ether oxygens (including phenoxy) is 2. The zero-order valence-corrected chi connectivity index (χ0v) is 19.7. The fraction of sp³-hybridized carbons (Fsp3) is 0.280. The summed E-state index contributed by atoms with van der Waals surface area (Å²) in [6.45, 7) is 0. The smallest absolute Gasteiger partial charge is 0.267 e. The predicted octanol–water partition coefficient (Wildman–Crippen LogP) is 5.64. The van der Waals surface area contributed by atoms with Crippen molar-refractivity contribution in [2.75, 3.05) is 14.2 Å². The Morgan fingerprint density at radius 3 is 2.31 bits per heavy atom. The molecule has 7 heteroatoms. The summed E-state index contributed by atoms with van der Waals surface area (Å²) in [4.78, 5) is 21.0. The van der Waals surface area contributed by atoms with Crippen molar-refractivity contribution in [3.63, 3.8) is 0 Å². The second kappa shape index (κ2) is 9.00. The minimum atomic E-state index is 0.0248. The minimum Gasteiger partial charge on any atom is -0.497 e. The van der Waals surface area contributed by atoms with Crippen LogP contribution in [-0.2, 0) is 18.6 Å². The molecule has 1 aliphatic carbocycles. The minimum absolute atomic E-state index is 0.0248. The van der Waals surface area contributed by atoms with Gasteiger partial charge in [0, 0.05) is 10.6 Å². The van der Waals surface area contributed by atoms with Crippen molar-refractivity contribution in [3.05, 3.63) is 74.9 Å². The molecule has 0 saturated carbocycles. The largest absolute Gasteiger partial charge is 0.497 e. The van der Waals surface area contributed by atoms with Crippen molar-refractivity contribution < 1.29 is 9.47 Å².